The Bertz CT molecular complexity index is 196. The molecule has 0 aromatic heterocycles. The topological polar surface area (TPSA) is 47.3 Å². The number of nitrogens with two attached hydrogens (primary N) is 1. The van der Waals surface area contributed by atoms with Crippen LogP contribution in [-0.2, 0) is 4.74 Å². The minimum absolute atomic E-state index is 0.480. The van der Waals surface area contributed by atoms with Gasteiger partial charge in [-0.15, -0.1) is 0 Å². The summed E-state index contributed by atoms with van der Waals surface area (Å²) in [6.07, 6.45) is 8.96. The summed E-state index contributed by atoms with van der Waals surface area (Å²) in [4.78, 5) is 0. The number of nitrogens with one attached hydrogen (secondary N) is 1. The number of hydrogen-bond acceptors (Lipinski definition) is 3. The molecule has 2 rings (SSSR count). The molecule has 0 aromatic rings. The smallest absolute Gasteiger partial charge is 0.0468 e. The molecule has 1 saturated heterocycles. The zero-order valence-electron chi connectivity index (χ0n) is 11.0. The Labute approximate surface area is 105 Å². The van der Waals surface area contributed by atoms with Gasteiger partial charge in [0, 0.05) is 19.3 Å². The molecule has 3 nitrogen and oxygen atoms in total. The number of ether oxygens (including phenoxy) is 1. The molecule has 0 unspecified atom stereocenters. The van der Waals surface area contributed by atoms with Crippen LogP contribution in [0.15, 0.2) is 0 Å². The summed E-state index contributed by atoms with van der Waals surface area (Å²) in [5.74, 6) is 1.78. The van der Waals surface area contributed by atoms with Crippen molar-refractivity contribution in [1.82, 2.24) is 5.32 Å². The van der Waals surface area contributed by atoms with Gasteiger partial charge in [0.1, 0.15) is 0 Å². The molecule has 0 amide bonds. The zero-order chi connectivity index (χ0) is 11.9. The van der Waals surface area contributed by atoms with E-state index in [0.29, 0.717) is 6.04 Å². The fourth-order valence-electron chi connectivity index (χ4n) is 3.04. The minimum Gasteiger partial charge on any atom is -0.381 e. The fraction of sp³-hybridized carbons (Fsp3) is 1.00. The molecule has 2 fully saturated rings. The van der Waals surface area contributed by atoms with Crippen molar-refractivity contribution in [2.24, 2.45) is 17.6 Å². The predicted molar refractivity (Wildman–Crippen MR) is 71.0 cm³/mol. The highest BCUT2D eigenvalue weighted by Crippen LogP contribution is 2.22. The molecule has 1 saturated carbocycles. The quantitative estimate of drug-likeness (QED) is 0.722. The summed E-state index contributed by atoms with van der Waals surface area (Å²) in [6, 6.07) is 0.480. The Morgan fingerprint density at radius 3 is 2.35 bits per heavy atom. The van der Waals surface area contributed by atoms with E-state index in [1.54, 1.807) is 0 Å². The molecule has 0 aromatic carbocycles. The molecule has 17 heavy (non-hydrogen) atoms. The first-order valence-electron chi connectivity index (χ1n) is 7.38. The first kappa shape index (κ1) is 13.3. The van der Waals surface area contributed by atoms with Crippen LogP contribution in [0.4, 0.5) is 0 Å². The van der Waals surface area contributed by atoms with Crippen molar-refractivity contribution in [2.45, 2.75) is 51.0 Å². The Morgan fingerprint density at radius 1 is 0.941 bits per heavy atom. The van der Waals surface area contributed by atoms with Gasteiger partial charge < -0.3 is 15.8 Å². The van der Waals surface area contributed by atoms with Crippen molar-refractivity contribution < 1.29 is 4.74 Å². The molecule has 0 spiro atoms. The lowest BCUT2D eigenvalue weighted by atomic mass is 9.86. The first-order chi connectivity index (χ1) is 8.34. The van der Waals surface area contributed by atoms with Crippen LogP contribution in [0.2, 0.25) is 0 Å². The van der Waals surface area contributed by atoms with Crippen LogP contribution in [0.25, 0.3) is 0 Å². The van der Waals surface area contributed by atoms with Crippen LogP contribution in [0.3, 0.4) is 0 Å². The summed E-state index contributed by atoms with van der Waals surface area (Å²) in [6.45, 7) is 4.35. The van der Waals surface area contributed by atoms with Gasteiger partial charge >= 0.3 is 0 Å². The van der Waals surface area contributed by atoms with E-state index >= 15 is 0 Å². The average Bonchev–Trinajstić information content (AvgIpc) is 2.38. The summed E-state index contributed by atoms with van der Waals surface area (Å²) >= 11 is 0. The molecule has 100 valence electrons. The number of rotatable bonds is 5. The van der Waals surface area contributed by atoms with Crippen molar-refractivity contribution in [1.29, 1.82) is 0 Å². The van der Waals surface area contributed by atoms with Gasteiger partial charge in [0.05, 0.1) is 0 Å². The van der Waals surface area contributed by atoms with Gasteiger partial charge in [0.25, 0.3) is 0 Å². The maximum atomic E-state index is 5.92. The van der Waals surface area contributed by atoms with E-state index in [4.69, 9.17) is 10.5 Å². The number of hydrogen-bond donors (Lipinski definition) is 2. The SMILES string of the molecule is NC1CCC(CNCCC2CCOCC2)CC1. The van der Waals surface area contributed by atoms with E-state index in [2.05, 4.69) is 5.32 Å². The second-order valence-corrected chi connectivity index (χ2v) is 5.83. The van der Waals surface area contributed by atoms with Gasteiger partial charge in [0.2, 0.25) is 0 Å². The van der Waals surface area contributed by atoms with Crippen LogP contribution >= 0.6 is 0 Å². The van der Waals surface area contributed by atoms with Crippen LogP contribution in [0.5, 0.6) is 0 Å². The summed E-state index contributed by atoms with van der Waals surface area (Å²) in [7, 11) is 0. The molecule has 3 heteroatoms. The molecular weight excluding hydrogens is 212 g/mol. The lowest BCUT2D eigenvalue weighted by Crippen LogP contribution is -2.32. The third-order valence-corrected chi connectivity index (χ3v) is 4.39. The second-order valence-electron chi connectivity index (χ2n) is 5.83. The van der Waals surface area contributed by atoms with Crippen LogP contribution < -0.4 is 11.1 Å². The van der Waals surface area contributed by atoms with Gasteiger partial charge in [-0.25, -0.2) is 0 Å². The van der Waals surface area contributed by atoms with Crippen molar-refractivity contribution in [3.8, 4) is 0 Å². The van der Waals surface area contributed by atoms with Crippen LogP contribution in [0.1, 0.15) is 44.9 Å². The Hall–Kier alpha value is -0.120. The van der Waals surface area contributed by atoms with Crippen LogP contribution in [0, 0.1) is 11.8 Å². The Morgan fingerprint density at radius 2 is 1.65 bits per heavy atom. The molecule has 0 radical (unpaired) electrons. The molecule has 1 aliphatic carbocycles. The maximum Gasteiger partial charge on any atom is 0.0468 e. The van der Waals surface area contributed by atoms with Gasteiger partial charge in [-0.05, 0) is 69.9 Å². The molecule has 2 aliphatic rings. The lowest BCUT2D eigenvalue weighted by Gasteiger charge is -2.27. The fourth-order valence-corrected chi connectivity index (χ4v) is 3.04. The van der Waals surface area contributed by atoms with E-state index in [1.165, 1.54) is 58.0 Å². The van der Waals surface area contributed by atoms with Gasteiger partial charge in [0.15, 0.2) is 0 Å². The molecule has 3 N–H and O–H groups in total. The van der Waals surface area contributed by atoms with Crippen molar-refractivity contribution in [2.75, 3.05) is 26.3 Å². The summed E-state index contributed by atoms with van der Waals surface area (Å²) in [5.41, 5.74) is 5.92. The highest BCUT2D eigenvalue weighted by Gasteiger charge is 2.18. The van der Waals surface area contributed by atoms with E-state index in [1.807, 2.05) is 0 Å². The monoisotopic (exact) mass is 240 g/mol. The Balaban J connectivity index is 1.48. The third-order valence-electron chi connectivity index (χ3n) is 4.39. The normalized spacial score (nSPS) is 31.6. The highest BCUT2D eigenvalue weighted by atomic mass is 16.5. The minimum atomic E-state index is 0.480. The van der Waals surface area contributed by atoms with E-state index in [0.717, 1.165) is 25.0 Å². The van der Waals surface area contributed by atoms with E-state index in [-0.39, 0.29) is 0 Å². The Kier molecular flexibility index (Phi) is 5.75. The summed E-state index contributed by atoms with van der Waals surface area (Å²) < 4.78 is 5.38. The largest absolute Gasteiger partial charge is 0.381 e. The van der Waals surface area contributed by atoms with Crippen molar-refractivity contribution in [3.63, 3.8) is 0 Å². The molecule has 0 atom stereocenters. The second kappa shape index (κ2) is 7.34. The van der Waals surface area contributed by atoms with Gasteiger partial charge in [-0.2, -0.15) is 0 Å². The van der Waals surface area contributed by atoms with E-state index < -0.39 is 0 Å². The molecular formula is C14H28N2O. The standard InChI is InChI=1S/C14H28N2O/c15-14-3-1-13(2-4-14)11-16-8-5-12-6-9-17-10-7-12/h12-14,16H,1-11,15H2. The van der Waals surface area contributed by atoms with Crippen molar-refractivity contribution in [3.05, 3.63) is 0 Å². The lowest BCUT2D eigenvalue weighted by molar-refractivity contribution is 0.0638. The predicted octanol–water partition coefficient (Wildman–Crippen LogP) is 1.91. The van der Waals surface area contributed by atoms with Gasteiger partial charge in [-0.1, -0.05) is 0 Å². The third kappa shape index (κ3) is 4.94. The first-order valence-corrected chi connectivity index (χ1v) is 7.38. The summed E-state index contributed by atoms with van der Waals surface area (Å²) in [5, 5.41) is 3.64. The van der Waals surface area contributed by atoms with Crippen molar-refractivity contribution >= 4 is 0 Å². The molecule has 0 bridgehead atoms. The van der Waals surface area contributed by atoms with Gasteiger partial charge in [-0.3, -0.25) is 0 Å². The zero-order valence-corrected chi connectivity index (χ0v) is 11.0. The highest BCUT2D eigenvalue weighted by molar-refractivity contribution is 4.75. The maximum absolute atomic E-state index is 5.92. The molecule has 1 aliphatic heterocycles. The van der Waals surface area contributed by atoms with E-state index in [9.17, 15) is 0 Å². The average molecular weight is 240 g/mol. The van der Waals surface area contributed by atoms with Crippen LogP contribution in [-0.4, -0.2) is 32.3 Å². The molecule has 1 heterocycles.